The van der Waals surface area contributed by atoms with Crippen LogP contribution in [0.25, 0.3) is 21.7 Å². The van der Waals surface area contributed by atoms with Crippen molar-refractivity contribution in [2.75, 3.05) is 11.9 Å². The first-order valence-corrected chi connectivity index (χ1v) is 8.51. The number of nitrogens with zero attached hydrogens (tertiary/aromatic N) is 1. The topological polar surface area (TPSA) is 68.3 Å². The molecule has 0 aliphatic heterocycles. The van der Waals surface area contributed by atoms with Crippen LogP contribution in [0.2, 0.25) is 0 Å². The number of amides is 1. The van der Waals surface area contributed by atoms with Crippen LogP contribution in [0.15, 0.2) is 78.9 Å². The number of hydrogen-bond acceptors (Lipinski definition) is 4. The van der Waals surface area contributed by atoms with Crippen molar-refractivity contribution in [3.05, 3.63) is 84.6 Å². The average molecular weight is 356 g/mol. The maximum Gasteiger partial charge on any atom is 0.357 e. The molecule has 1 aromatic heterocycles. The Morgan fingerprint density at radius 2 is 1.52 bits per heavy atom. The number of fused-ring (bicyclic) bond motifs is 2. The Morgan fingerprint density at radius 1 is 0.815 bits per heavy atom. The molecule has 0 radical (unpaired) electrons. The van der Waals surface area contributed by atoms with Crippen LogP contribution in [0.4, 0.5) is 5.69 Å². The highest BCUT2D eigenvalue weighted by Crippen LogP contribution is 2.18. The van der Waals surface area contributed by atoms with Crippen LogP contribution in [0.3, 0.4) is 0 Å². The van der Waals surface area contributed by atoms with Crippen molar-refractivity contribution in [2.24, 2.45) is 0 Å². The number of benzene rings is 3. The van der Waals surface area contributed by atoms with Crippen molar-refractivity contribution >= 4 is 39.2 Å². The number of hydrogen-bond donors (Lipinski definition) is 1. The standard InChI is InChI=1S/C22H16N2O3/c25-21(23-18-11-9-15-5-1-2-7-17(15)13-18)14-27-22(26)20-12-10-16-6-3-4-8-19(16)24-20/h1-13H,14H2,(H,23,25). The molecule has 0 bridgehead atoms. The van der Waals surface area contributed by atoms with Gasteiger partial charge in [-0.15, -0.1) is 0 Å². The molecule has 3 aromatic carbocycles. The molecular weight excluding hydrogens is 340 g/mol. The van der Waals surface area contributed by atoms with E-state index in [1.54, 1.807) is 12.1 Å². The first-order chi connectivity index (χ1) is 13.2. The SMILES string of the molecule is O=C(COC(=O)c1ccc2ccccc2n1)Nc1ccc2ccccc2c1. The van der Waals surface area contributed by atoms with Gasteiger partial charge in [-0.3, -0.25) is 4.79 Å². The highest BCUT2D eigenvalue weighted by atomic mass is 16.5. The molecule has 27 heavy (non-hydrogen) atoms. The second kappa shape index (κ2) is 7.25. The Labute approximate surface area is 155 Å². The summed E-state index contributed by atoms with van der Waals surface area (Å²) in [5.41, 5.74) is 1.53. The lowest BCUT2D eigenvalue weighted by molar-refractivity contribution is -0.119. The molecule has 0 aliphatic carbocycles. The quantitative estimate of drug-likeness (QED) is 0.557. The summed E-state index contributed by atoms with van der Waals surface area (Å²) in [5.74, 6) is -1.03. The van der Waals surface area contributed by atoms with Crippen LogP contribution in [0, 0.1) is 0 Å². The third-order valence-electron chi connectivity index (χ3n) is 4.18. The number of esters is 1. The third kappa shape index (κ3) is 3.77. The fourth-order valence-corrected chi connectivity index (χ4v) is 2.85. The lowest BCUT2D eigenvalue weighted by Crippen LogP contribution is -2.21. The fraction of sp³-hybridized carbons (Fsp3) is 0.0455. The molecule has 0 saturated heterocycles. The largest absolute Gasteiger partial charge is 0.451 e. The van der Waals surface area contributed by atoms with Gasteiger partial charge in [0.1, 0.15) is 5.69 Å². The summed E-state index contributed by atoms with van der Waals surface area (Å²) in [6.45, 7) is -0.375. The van der Waals surface area contributed by atoms with E-state index in [0.29, 0.717) is 11.2 Å². The number of carbonyl (C=O) groups excluding carboxylic acids is 2. The van der Waals surface area contributed by atoms with Gasteiger partial charge in [0, 0.05) is 11.1 Å². The summed E-state index contributed by atoms with van der Waals surface area (Å²) in [7, 11) is 0. The zero-order valence-electron chi connectivity index (χ0n) is 14.4. The van der Waals surface area contributed by atoms with Gasteiger partial charge in [0.15, 0.2) is 6.61 Å². The molecular formula is C22H16N2O3. The smallest absolute Gasteiger partial charge is 0.357 e. The molecule has 0 atom stereocenters. The Kier molecular flexibility index (Phi) is 4.49. The van der Waals surface area contributed by atoms with Crippen molar-refractivity contribution in [3.63, 3.8) is 0 Å². The lowest BCUT2D eigenvalue weighted by Gasteiger charge is -2.08. The van der Waals surface area contributed by atoms with Crippen molar-refractivity contribution in [3.8, 4) is 0 Å². The third-order valence-corrected chi connectivity index (χ3v) is 4.18. The van der Waals surface area contributed by atoms with E-state index in [1.165, 1.54) is 0 Å². The molecule has 132 valence electrons. The second-order valence-electron chi connectivity index (χ2n) is 6.08. The predicted molar refractivity (Wildman–Crippen MR) is 105 cm³/mol. The van der Waals surface area contributed by atoms with Gasteiger partial charge < -0.3 is 10.1 Å². The van der Waals surface area contributed by atoms with Gasteiger partial charge in [-0.25, -0.2) is 9.78 Å². The Hall–Kier alpha value is -3.73. The van der Waals surface area contributed by atoms with Crippen LogP contribution in [0.5, 0.6) is 0 Å². The summed E-state index contributed by atoms with van der Waals surface area (Å²) in [6, 6.07) is 24.3. The monoisotopic (exact) mass is 356 g/mol. The first-order valence-electron chi connectivity index (χ1n) is 8.51. The highest BCUT2D eigenvalue weighted by molar-refractivity contribution is 5.97. The molecule has 1 amide bonds. The number of carbonyl (C=O) groups is 2. The fourth-order valence-electron chi connectivity index (χ4n) is 2.85. The Morgan fingerprint density at radius 3 is 2.37 bits per heavy atom. The minimum Gasteiger partial charge on any atom is -0.451 e. The molecule has 0 spiro atoms. The normalized spacial score (nSPS) is 10.7. The van der Waals surface area contributed by atoms with Crippen LogP contribution >= 0.6 is 0 Å². The van der Waals surface area contributed by atoms with Crippen LogP contribution < -0.4 is 5.32 Å². The van der Waals surface area contributed by atoms with Crippen LogP contribution in [0.1, 0.15) is 10.5 Å². The predicted octanol–water partition coefficient (Wildman–Crippen LogP) is 4.18. The number of anilines is 1. The molecule has 4 aromatic rings. The van der Waals surface area contributed by atoms with Gasteiger partial charge in [-0.2, -0.15) is 0 Å². The van der Waals surface area contributed by atoms with Crippen molar-refractivity contribution in [1.82, 2.24) is 4.98 Å². The van der Waals surface area contributed by atoms with E-state index >= 15 is 0 Å². The van der Waals surface area contributed by atoms with Crippen LogP contribution in [-0.4, -0.2) is 23.5 Å². The minimum absolute atomic E-state index is 0.173. The van der Waals surface area contributed by atoms with Gasteiger partial charge in [-0.05, 0) is 35.0 Å². The molecule has 0 unspecified atom stereocenters. The van der Waals surface area contributed by atoms with Crippen molar-refractivity contribution in [1.29, 1.82) is 0 Å². The van der Waals surface area contributed by atoms with Gasteiger partial charge in [0.05, 0.1) is 5.52 Å². The number of pyridine rings is 1. The summed E-state index contributed by atoms with van der Waals surface area (Å²) < 4.78 is 5.09. The molecule has 5 heteroatoms. The van der Waals surface area contributed by atoms with Crippen molar-refractivity contribution in [2.45, 2.75) is 0 Å². The molecule has 0 aliphatic rings. The highest BCUT2D eigenvalue weighted by Gasteiger charge is 2.12. The molecule has 1 N–H and O–H groups in total. The lowest BCUT2D eigenvalue weighted by atomic mass is 10.1. The van der Waals surface area contributed by atoms with E-state index < -0.39 is 11.9 Å². The zero-order valence-corrected chi connectivity index (χ0v) is 14.4. The van der Waals surface area contributed by atoms with Gasteiger partial charge in [0.25, 0.3) is 5.91 Å². The summed E-state index contributed by atoms with van der Waals surface area (Å²) in [6.07, 6.45) is 0. The molecule has 0 fully saturated rings. The molecule has 0 saturated carbocycles. The number of para-hydroxylation sites is 1. The van der Waals surface area contributed by atoms with E-state index in [9.17, 15) is 9.59 Å². The molecule has 4 rings (SSSR count). The Balaban J connectivity index is 1.39. The van der Waals surface area contributed by atoms with E-state index in [4.69, 9.17) is 4.74 Å². The van der Waals surface area contributed by atoms with Crippen LogP contribution in [-0.2, 0) is 9.53 Å². The maximum absolute atomic E-state index is 12.2. The minimum atomic E-state index is -0.630. The number of ether oxygens (including phenoxy) is 1. The number of rotatable bonds is 4. The van der Waals surface area contributed by atoms with Gasteiger partial charge in [0.2, 0.25) is 0 Å². The maximum atomic E-state index is 12.2. The molecule has 5 nitrogen and oxygen atoms in total. The summed E-state index contributed by atoms with van der Waals surface area (Å²) in [4.78, 5) is 28.5. The zero-order chi connectivity index (χ0) is 18.6. The van der Waals surface area contributed by atoms with Gasteiger partial charge >= 0.3 is 5.97 Å². The van der Waals surface area contributed by atoms with Crippen molar-refractivity contribution < 1.29 is 14.3 Å². The van der Waals surface area contributed by atoms with E-state index in [2.05, 4.69) is 10.3 Å². The second-order valence-corrected chi connectivity index (χ2v) is 6.08. The molecule has 1 heterocycles. The van der Waals surface area contributed by atoms with E-state index in [1.807, 2.05) is 66.7 Å². The Bertz CT molecular complexity index is 1150. The number of aromatic nitrogens is 1. The average Bonchev–Trinajstić information content (AvgIpc) is 2.71. The number of nitrogens with one attached hydrogen (secondary N) is 1. The summed E-state index contributed by atoms with van der Waals surface area (Å²) >= 11 is 0. The first kappa shape index (κ1) is 16.7. The van der Waals surface area contributed by atoms with Gasteiger partial charge in [-0.1, -0.05) is 54.6 Å². The van der Waals surface area contributed by atoms with E-state index in [0.717, 1.165) is 16.2 Å². The van der Waals surface area contributed by atoms with E-state index in [-0.39, 0.29) is 12.3 Å². The summed E-state index contributed by atoms with van der Waals surface area (Å²) in [5, 5.41) is 5.78.